The minimum Gasteiger partial charge on any atom is -0.345 e. The number of nitrogens with zero attached hydrogens (tertiary/aromatic N) is 3. The highest BCUT2D eigenvalue weighted by atomic mass is 35.5. The average molecular weight is 524 g/mol. The number of para-hydroxylation sites is 1. The van der Waals surface area contributed by atoms with Crippen molar-refractivity contribution in [3.63, 3.8) is 0 Å². The van der Waals surface area contributed by atoms with Crippen LogP contribution < -0.4 is 10.6 Å². The van der Waals surface area contributed by atoms with Crippen LogP contribution in [0, 0.1) is 19.7 Å². The molecule has 1 aromatic heterocycles. The Morgan fingerprint density at radius 2 is 1.81 bits per heavy atom. The first-order valence-corrected chi connectivity index (χ1v) is 12.4. The second-order valence-corrected chi connectivity index (χ2v) is 9.39. The average Bonchev–Trinajstić information content (AvgIpc) is 3.27. The van der Waals surface area contributed by atoms with Gasteiger partial charge in [0.05, 0.1) is 23.7 Å². The number of hydrogen-bond donors (Lipinski definition) is 2. The van der Waals surface area contributed by atoms with E-state index in [0.29, 0.717) is 27.3 Å². The number of halogens is 2. The van der Waals surface area contributed by atoms with Crippen LogP contribution in [0.4, 0.5) is 10.1 Å². The number of aryl methyl sites for hydroxylation is 2. The molecule has 0 radical (unpaired) electrons. The normalized spacial score (nSPS) is 10.8. The number of thioether (sulfide) groups is 1. The molecule has 0 aliphatic heterocycles. The fourth-order valence-corrected chi connectivity index (χ4v) is 4.36. The number of rotatable bonds is 8. The number of hydrogen-bond acceptors (Lipinski definition) is 5. The Morgan fingerprint density at radius 3 is 2.56 bits per heavy atom. The third-order valence-corrected chi connectivity index (χ3v) is 6.59. The van der Waals surface area contributed by atoms with Gasteiger partial charge in [0, 0.05) is 10.6 Å². The first kappa shape index (κ1) is 25.4. The topological polar surface area (TPSA) is 88.9 Å². The third kappa shape index (κ3) is 6.10. The van der Waals surface area contributed by atoms with Gasteiger partial charge in [-0.15, -0.1) is 10.2 Å². The lowest BCUT2D eigenvalue weighted by atomic mass is 10.1. The van der Waals surface area contributed by atoms with Crippen molar-refractivity contribution in [3.8, 4) is 5.69 Å². The molecule has 0 unspecified atom stereocenters. The Kier molecular flexibility index (Phi) is 8.02. The minimum absolute atomic E-state index is 0.0258. The number of carbonyl (C=O) groups is 2. The van der Waals surface area contributed by atoms with Gasteiger partial charge in [-0.3, -0.25) is 14.2 Å². The summed E-state index contributed by atoms with van der Waals surface area (Å²) >= 11 is 7.34. The van der Waals surface area contributed by atoms with E-state index in [2.05, 4.69) is 20.8 Å². The van der Waals surface area contributed by atoms with Gasteiger partial charge in [0.15, 0.2) is 11.0 Å². The Hall–Kier alpha value is -3.69. The van der Waals surface area contributed by atoms with Crippen LogP contribution in [-0.2, 0) is 11.3 Å². The van der Waals surface area contributed by atoms with Gasteiger partial charge in [-0.2, -0.15) is 0 Å². The maximum absolute atomic E-state index is 13.9. The van der Waals surface area contributed by atoms with Crippen LogP contribution in [0.3, 0.4) is 0 Å². The second-order valence-electron chi connectivity index (χ2n) is 8.01. The van der Waals surface area contributed by atoms with Crippen molar-refractivity contribution in [2.75, 3.05) is 11.1 Å². The van der Waals surface area contributed by atoms with E-state index in [1.165, 1.54) is 12.1 Å². The summed E-state index contributed by atoms with van der Waals surface area (Å²) in [5.74, 6) is -0.707. The third-order valence-electron chi connectivity index (χ3n) is 5.42. The second kappa shape index (κ2) is 11.4. The summed E-state index contributed by atoms with van der Waals surface area (Å²) < 4.78 is 15.6. The molecule has 2 amide bonds. The van der Waals surface area contributed by atoms with Gasteiger partial charge in [0.2, 0.25) is 5.91 Å². The van der Waals surface area contributed by atoms with E-state index < -0.39 is 11.7 Å². The first-order chi connectivity index (χ1) is 17.3. The van der Waals surface area contributed by atoms with E-state index in [1.54, 1.807) is 41.0 Å². The van der Waals surface area contributed by atoms with Gasteiger partial charge in [-0.05, 0) is 67.4 Å². The number of carbonyl (C=O) groups excluding carboxylic acids is 2. The Morgan fingerprint density at radius 1 is 1.00 bits per heavy atom. The molecule has 184 valence electrons. The van der Waals surface area contributed by atoms with Crippen LogP contribution in [0.15, 0.2) is 71.9 Å². The SMILES string of the molecule is Cc1ccc(C(=O)NCc2nnc(SCC(=O)Nc3ccccc3F)n2-c2cccc(Cl)c2)cc1C. The van der Waals surface area contributed by atoms with Gasteiger partial charge >= 0.3 is 0 Å². The summed E-state index contributed by atoms with van der Waals surface area (Å²) in [5, 5.41) is 14.8. The van der Waals surface area contributed by atoms with Crippen molar-refractivity contribution in [3.05, 3.63) is 100 Å². The number of benzene rings is 3. The fraction of sp³-hybridized carbons (Fsp3) is 0.154. The van der Waals surface area contributed by atoms with Gasteiger partial charge in [0.1, 0.15) is 5.82 Å². The lowest BCUT2D eigenvalue weighted by Gasteiger charge is -2.12. The lowest BCUT2D eigenvalue weighted by molar-refractivity contribution is -0.113. The van der Waals surface area contributed by atoms with E-state index in [9.17, 15) is 14.0 Å². The van der Waals surface area contributed by atoms with Crippen molar-refractivity contribution < 1.29 is 14.0 Å². The molecular weight excluding hydrogens is 501 g/mol. The molecule has 4 aromatic rings. The molecular formula is C26H23ClFN5O2S. The van der Waals surface area contributed by atoms with Crippen molar-refractivity contribution in [2.45, 2.75) is 25.5 Å². The van der Waals surface area contributed by atoms with Crippen LogP contribution in [0.25, 0.3) is 5.69 Å². The van der Waals surface area contributed by atoms with Gasteiger partial charge in [-0.1, -0.05) is 47.6 Å². The molecule has 0 spiro atoms. The molecule has 0 saturated heterocycles. The van der Waals surface area contributed by atoms with Gasteiger partial charge in [-0.25, -0.2) is 4.39 Å². The Bertz CT molecular complexity index is 1430. The zero-order chi connectivity index (χ0) is 25.7. The monoisotopic (exact) mass is 523 g/mol. The largest absolute Gasteiger partial charge is 0.345 e. The molecule has 0 aliphatic carbocycles. The van der Waals surface area contributed by atoms with E-state index in [0.717, 1.165) is 22.9 Å². The van der Waals surface area contributed by atoms with Gasteiger partial charge in [0.25, 0.3) is 5.91 Å². The fourth-order valence-electron chi connectivity index (χ4n) is 3.41. The van der Waals surface area contributed by atoms with E-state index >= 15 is 0 Å². The van der Waals surface area contributed by atoms with E-state index in [4.69, 9.17) is 11.6 Å². The van der Waals surface area contributed by atoms with Crippen LogP contribution in [0.1, 0.15) is 27.3 Å². The molecule has 10 heteroatoms. The molecule has 0 aliphatic rings. The van der Waals surface area contributed by atoms with Crippen molar-refractivity contribution in [2.24, 2.45) is 0 Å². The van der Waals surface area contributed by atoms with Crippen molar-refractivity contribution >= 4 is 40.9 Å². The molecule has 2 N–H and O–H groups in total. The zero-order valence-electron chi connectivity index (χ0n) is 19.6. The molecule has 7 nitrogen and oxygen atoms in total. The predicted molar refractivity (Wildman–Crippen MR) is 139 cm³/mol. The number of anilines is 1. The van der Waals surface area contributed by atoms with Crippen LogP contribution in [0.2, 0.25) is 5.02 Å². The number of nitrogens with one attached hydrogen (secondary N) is 2. The summed E-state index contributed by atoms with van der Waals surface area (Å²) in [5.41, 5.74) is 3.46. The van der Waals surface area contributed by atoms with Crippen LogP contribution in [0.5, 0.6) is 0 Å². The molecule has 4 rings (SSSR count). The number of aromatic nitrogens is 3. The van der Waals surface area contributed by atoms with E-state index in [1.807, 2.05) is 32.0 Å². The summed E-state index contributed by atoms with van der Waals surface area (Å²) in [4.78, 5) is 25.2. The highest BCUT2D eigenvalue weighted by molar-refractivity contribution is 7.99. The minimum atomic E-state index is -0.514. The summed E-state index contributed by atoms with van der Waals surface area (Å²) in [6, 6.07) is 18.6. The smallest absolute Gasteiger partial charge is 0.251 e. The molecule has 1 heterocycles. The zero-order valence-corrected chi connectivity index (χ0v) is 21.2. The van der Waals surface area contributed by atoms with Crippen LogP contribution in [-0.4, -0.2) is 32.3 Å². The van der Waals surface area contributed by atoms with Gasteiger partial charge < -0.3 is 10.6 Å². The first-order valence-electron chi connectivity index (χ1n) is 11.0. The van der Waals surface area contributed by atoms with E-state index in [-0.39, 0.29) is 23.9 Å². The summed E-state index contributed by atoms with van der Waals surface area (Å²) in [6.07, 6.45) is 0. The molecule has 36 heavy (non-hydrogen) atoms. The molecule has 0 atom stereocenters. The maximum Gasteiger partial charge on any atom is 0.251 e. The highest BCUT2D eigenvalue weighted by Gasteiger charge is 2.18. The van der Waals surface area contributed by atoms with Crippen LogP contribution >= 0.6 is 23.4 Å². The summed E-state index contributed by atoms with van der Waals surface area (Å²) in [6.45, 7) is 4.04. The standard InChI is InChI=1S/C26H23ClFN5O2S/c1-16-10-11-18(12-17(16)2)25(35)29-14-23-31-32-26(33(23)20-7-5-6-19(27)13-20)36-15-24(34)30-22-9-4-3-8-21(22)28/h3-13H,14-15H2,1-2H3,(H,29,35)(H,30,34). The quantitative estimate of drug-likeness (QED) is 0.304. The molecule has 3 aromatic carbocycles. The molecule has 0 bridgehead atoms. The van der Waals surface area contributed by atoms with Crippen molar-refractivity contribution in [1.82, 2.24) is 20.1 Å². The highest BCUT2D eigenvalue weighted by Crippen LogP contribution is 2.24. The summed E-state index contributed by atoms with van der Waals surface area (Å²) in [7, 11) is 0. The number of amides is 2. The molecule has 0 fully saturated rings. The van der Waals surface area contributed by atoms with Crippen molar-refractivity contribution in [1.29, 1.82) is 0 Å². The lowest BCUT2D eigenvalue weighted by Crippen LogP contribution is -2.24. The Balaban J connectivity index is 1.52. The maximum atomic E-state index is 13.9. The molecule has 0 saturated carbocycles. The predicted octanol–water partition coefficient (Wildman–Crippen LogP) is 5.34. The Labute approximate surface area is 217 Å².